The standard InChI is InChI=1S/C25H29FN2O2S2/c1-4-18(2)14-28(25(30)23-6-5-13-31-23)17-24(29)27(16-22-12-7-19(3)32-22)15-20-8-10-21(26)11-9-20/h5-13,18H,4,14-17H2,1-3H3. The van der Waals surface area contributed by atoms with Gasteiger partial charge in [-0.25, -0.2) is 4.39 Å². The van der Waals surface area contributed by atoms with Gasteiger partial charge in [0.25, 0.3) is 5.91 Å². The van der Waals surface area contributed by atoms with Crippen molar-refractivity contribution < 1.29 is 14.0 Å². The number of nitrogens with zero attached hydrogens (tertiary/aromatic N) is 2. The highest BCUT2D eigenvalue weighted by Gasteiger charge is 2.24. The number of halogens is 1. The molecule has 2 heterocycles. The van der Waals surface area contributed by atoms with E-state index in [9.17, 15) is 14.0 Å². The zero-order chi connectivity index (χ0) is 23.1. The molecular weight excluding hydrogens is 443 g/mol. The van der Waals surface area contributed by atoms with Crippen LogP contribution in [0, 0.1) is 18.7 Å². The van der Waals surface area contributed by atoms with Crippen LogP contribution in [-0.2, 0) is 17.9 Å². The first-order valence-corrected chi connectivity index (χ1v) is 12.5. The summed E-state index contributed by atoms with van der Waals surface area (Å²) < 4.78 is 13.4. The topological polar surface area (TPSA) is 40.6 Å². The van der Waals surface area contributed by atoms with Crippen LogP contribution in [0.1, 0.15) is 45.3 Å². The SMILES string of the molecule is CCC(C)CN(CC(=O)N(Cc1ccc(F)cc1)Cc1ccc(C)s1)C(=O)c1cccs1. The third-order valence-corrected chi connectivity index (χ3v) is 7.20. The molecule has 0 aliphatic carbocycles. The van der Waals surface area contributed by atoms with Gasteiger partial charge in [0.05, 0.1) is 11.4 Å². The molecule has 0 aliphatic rings. The molecule has 0 N–H and O–H groups in total. The lowest BCUT2D eigenvalue weighted by Crippen LogP contribution is -2.43. The second-order valence-corrected chi connectivity index (χ2v) is 10.4. The number of carbonyl (C=O) groups is 2. The Balaban J connectivity index is 1.81. The lowest BCUT2D eigenvalue weighted by atomic mass is 10.1. The second-order valence-electron chi connectivity index (χ2n) is 8.07. The maximum absolute atomic E-state index is 13.4. The van der Waals surface area contributed by atoms with E-state index in [1.54, 1.807) is 39.3 Å². The molecule has 1 aromatic carbocycles. The largest absolute Gasteiger partial charge is 0.332 e. The van der Waals surface area contributed by atoms with Gasteiger partial charge in [-0.05, 0) is 54.1 Å². The number of rotatable bonds is 10. The summed E-state index contributed by atoms with van der Waals surface area (Å²) in [7, 11) is 0. The Morgan fingerprint density at radius 1 is 1.03 bits per heavy atom. The van der Waals surface area contributed by atoms with Crippen molar-refractivity contribution in [1.82, 2.24) is 9.80 Å². The molecule has 1 unspecified atom stereocenters. The number of aryl methyl sites for hydroxylation is 1. The van der Waals surface area contributed by atoms with E-state index in [-0.39, 0.29) is 30.1 Å². The van der Waals surface area contributed by atoms with E-state index in [0.717, 1.165) is 16.9 Å². The Morgan fingerprint density at radius 2 is 1.78 bits per heavy atom. The zero-order valence-electron chi connectivity index (χ0n) is 18.7. The number of carbonyl (C=O) groups excluding carboxylic acids is 2. The van der Waals surface area contributed by atoms with Gasteiger partial charge >= 0.3 is 0 Å². The van der Waals surface area contributed by atoms with Gasteiger partial charge in [-0.2, -0.15) is 0 Å². The molecule has 0 fully saturated rings. The molecule has 170 valence electrons. The van der Waals surface area contributed by atoms with Crippen molar-refractivity contribution in [3.05, 3.63) is 79.9 Å². The first kappa shape index (κ1) is 24.1. The van der Waals surface area contributed by atoms with Crippen LogP contribution in [0.25, 0.3) is 0 Å². The van der Waals surface area contributed by atoms with Gasteiger partial charge in [-0.15, -0.1) is 22.7 Å². The van der Waals surface area contributed by atoms with E-state index in [0.29, 0.717) is 24.5 Å². The van der Waals surface area contributed by atoms with Crippen LogP contribution in [-0.4, -0.2) is 34.7 Å². The molecule has 0 radical (unpaired) electrons. The van der Waals surface area contributed by atoms with E-state index in [4.69, 9.17) is 0 Å². The minimum absolute atomic E-state index is 0.0205. The maximum Gasteiger partial charge on any atom is 0.264 e. The molecule has 0 bridgehead atoms. The summed E-state index contributed by atoms with van der Waals surface area (Å²) in [5.74, 6) is -0.241. The third-order valence-electron chi connectivity index (χ3n) is 5.36. The molecular formula is C25H29FN2O2S2. The Kier molecular flexibility index (Phi) is 8.59. The van der Waals surface area contributed by atoms with Crippen LogP contribution < -0.4 is 0 Å². The average molecular weight is 473 g/mol. The molecule has 2 amide bonds. The van der Waals surface area contributed by atoms with Crippen molar-refractivity contribution in [2.75, 3.05) is 13.1 Å². The summed E-state index contributed by atoms with van der Waals surface area (Å²) in [6.45, 7) is 7.58. The summed E-state index contributed by atoms with van der Waals surface area (Å²) in [6, 6.07) is 13.9. The van der Waals surface area contributed by atoms with Gasteiger partial charge in [0, 0.05) is 22.8 Å². The third kappa shape index (κ3) is 6.74. The van der Waals surface area contributed by atoms with Crippen molar-refractivity contribution in [3.8, 4) is 0 Å². The Morgan fingerprint density at radius 3 is 2.38 bits per heavy atom. The minimum atomic E-state index is -0.304. The molecule has 4 nitrogen and oxygen atoms in total. The zero-order valence-corrected chi connectivity index (χ0v) is 20.3. The molecule has 0 saturated heterocycles. The number of hydrogen-bond donors (Lipinski definition) is 0. The fourth-order valence-corrected chi connectivity index (χ4v) is 4.94. The molecule has 0 saturated carbocycles. The van der Waals surface area contributed by atoms with Gasteiger partial charge in [-0.3, -0.25) is 9.59 Å². The molecule has 3 rings (SSSR count). The van der Waals surface area contributed by atoms with Crippen molar-refractivity contribution in [2.24, 2.45) is 5.92 Å². The van der Waals surface area contributed by atoms with Crippen molar-refractivity contribution >= 4 is 34.5 Å². The number of thiophene rings is 2. The van der Waals surface area contributed by atoms with Crippen LogP contribution in [0.15, 0.2) is 53.9 Å². The summed E-state index contributed by atoms with van der Waals surface area (Å²) in [6.07, 6.45) is 0.927. The average Bonchev–Trinajstić information content (AvgIpc) is 3.45. The van der Waals surface area contributed by atoms with Crippen molar-refractivity contribution in [3.63, 3.8) is 0 Å². The maximum atomic E-state index is 13.4. The predicted molar refractivity (Wildman–Crippen MR) is 129 cm³/mol. The highest BCUT2D eigenvalue weighted by Crippen LogP contribution is 2.20. The number of amides is 2. The normalized spacial score (nSPS) is 11.9. The minimum Gasteiger partial charge on any atom is -0.332 e. The summed E-state index contributed by atoms with van der Waals surface area (Å²) in [5, 5.41) is 1.87. The number of hydrogen-bond acceptors (Lipinski definition) is 4. The molecule has 0 aliphatic heterocycles. The Labute approximate surface area is 197 Å². The van der Waals surface area contributed by atoms with E-state index >= 15 is 0 Å². The molecule has 0 spiro atoms. The quantitative estimate of drug-likeness (QED) is 0.364. The highest BCUT2D eigenvalue weighted by molar-refractivity contribution is 7.12. The van der Waals surface area contributed by atoms with Gasteiger partial charge in [0.15, 0.2) is 0 Å². The van der Waals surface area contributed by atoms with E-state index in [1.165, 1.54) is 28.3 Å². The summed E-state index contributed by atoms with van der Waals surface area (Å²) >= 11 is 3.04. The highest BCUT2D eigenvalue weighted by atomic mass is 32.1. The van der Waals surface area contributed by atoms with E-state index in [1.807, 2.05) is 30.5 Å². The molecule has 3 aromatic rings. The van der Waals surface area contributed by atoms with Crippen molar-refractivity contribution in [1.29, 1.82) is 0 Å². The van der Waals surface area contributed by atoms with Crippen molar-refractivity contribution in [2.45, 2.75) is 40.3 Å². The first-order chi connectivity index (χ1) is 15.4. The second kappa shape index (κ2) is 11.4. The molecule has 7 heteroatoms. The first-order valence-electron chi connectivity index (χ1n) is 10.8. The van der Waals surface area contributed by atoms with Gasteiger partial charge in [0.2, 0.25) is 5.91 Å². The van der Waals surface area contributed by atoms with Gasteiger partial charge in [-0.1, -0.05) is 38.5 Å². The fourth-order valence-electron chi connectivity index (χ4n) is 3.34. The lowest BCUT2D eigenvalue weighted by molar-refractivity contribution is -0.133. The summed E-state index contributed by atoms with van der Waals surface area (Å²) in [4.78, 5) is 32.9. The fraction of sp³-hybridized carbons (Fsp3) is 0.360. The van der Waals surface area contributed by atoms with Crippen LogP contribution >= 0.6 is 22.7 Å². The number of benzene rings is 1. The van der Waals surface area contributed by atoms with Crippen LogP contribution in [0.4, 0.5) is 4.39 Å². The van der Waals surface area contributed by atoms with Crippen LogP contribution in [0.5, 0.6) is 0 Å². The molecule has 32 heavy (non-hydrogen) atoms. The summed E-state index contributed by atoms with van der Waals surface area (Å²) in [5.41, 5.74) is 0.853. The Bertz CT molecular complexity index is 1020. The van der Waals surface area contributed by atoms with Crippen LogP contribution in [0.2, 0.25) is 0 Å². The smallest absolute Gasteiger partial charge is 0.264 e. The van der Waals surface area contributed by atoms with E-state index in [2.05, 4.69) is 13.8 Å². The monoisotopic (exact) mass is 472 g/mol. The molecule has 1 atom stereocenters. The Hall–Kier alpha value is -2.51. The van der Waals surface area contributed by atoms with Gasteiger partial charge < -0.3 is 9.80 Å². The predicted octanol–water partition coefficient (Wildman–Crippen LogP) is 5.97. The van der Waals surface area contributed by atoms with E-state index < -0.39 is 0 Å². The molecule has 2 aromatic heterocycles. The van der Waals surface area contributed by atoms with Crippen LogP contribution in [0.3, 0.4) is 0 Å². The van der Waals surface area contributed by atoms with Gasteiger partial charge in [0.1, 0.15) is 12.4 Å². The lowest BCUT2D eigenvalue weighted by Gasteiger charge is -2.29.